The first kappa shape index (κ1) is 16.8. The largest absolute Gasteiger partial charge is 0.496 e. The Balaban J connectivity index is 2.06. The molecule has 0 bridgehead atoms. The van der Waals surface area contributed by atoms with Gasteiger partial charge in [-0.25, -0.2) is 4.98 Å². The number of ether oxygens (including phenoxy) is 1. The van der Waals surface area contributed by atoms with E-state index in [-0.39, 0.29) is 5.75 Å². The molecule has 1 aromatic heterocycles. The third-order valence-corrected chi connectivity index (χ3v) is 3.94. The van der Waals surface area contributed by atoms with Gasteiger partial charge in [0.2, 0.25) is 5.91 Å². The van der Waals surface area contributed by atoms with Gasteiger partial charge in [-0.3, -0.25) is 4.79 Å². The lowest BCUT2D eigenvalue weighted by Crippen LogP contribution is -2.10. The van der Waals surface area contributed by atoms with E-state index in [4.69, 9.17) is 14.7 Å². The van der Waals surface area contributed by atoms with Gasteiger partial charge in [-0.1, -0.05) is 0 Å². The Labute approximate surface area is 143 Å². The fraction of sp³-hybridized carbons (Fsp3) is 0.125. The van der Waals surface area contributed by atoms with Gasteiger partial charge in [-0.05, 0) is 30.3 Å². The molecular formula is C16H15N3O5S. The number of nitrogens with zero attached hydrogens (tertiary/aromatic N) is 1. The van der Waals surface area contributed by atoms with Gasteiger partial charge in [0.1, 0.15) is 17.3 Å². The fourth-order valence-electron chi connectivity index (χ4n) is 2.38. The summed E-state index contributed by atoms with van der Waals surface area (Å²) < 4.78 is 32.6. The monoisotopic (exact) mass is 361 g/mol. The molecule has 2 aromatic carbocycles. The number of hydrogen-bond donors (Lipinski definition) is 2. The third-order valence-electron chi connectivity index (χ3n) is 3.44. The molecule has 9 heteroatoms. The van der Waals surface area contributed by atoms with Crippen LogP contribution in [0.4, 0.5) is 0 Å². The second-order valence-electron chi connectivity index (χ2n) is 5.33. The third kappa shape index (κ3) is 3.56. The molecule has 0 aliphatic carbocycles. The number of primary amides is 1. The maximum absolute atomic E-state index is 11.3. The molecule has 0 aliphatic heterocycles. The first-order valence-electron chi connectivity index (χ1n) is 7.14. The Morgan fingerprint density at radius 3 is 2.60 bits per heavy atom. The van der Waals surface area contributed by atoms with Crippen LogP contribution in [0.2, 0.25) is 0 Å². The topological polar surface area (TPSA) is 124 Å². The van der Waals surface area contributed by atoms with Crippen LogP contribution in [0.15, 0.2) is 36.4 Å². The molecule has 0 fully saturated rings. The molecule has 0 unspecified atom stereocenters. The zero-order valence-corrected chi connectivity index (χ0v) is 14.3. The number of methoxy groups -OCH3 is 1. The summed E-state index contributed by atoms with van der Waals surface area (Å²) in [7, 11) is -2.18. The summed E-state index contributed by atoms with van der Waals surface area (Å²) in [4.78, 5) is 18.8. The average molecular weight is 361 g/mol. The first-order valence-corrected chi connectivity index (χ1v) is 8.96. The van der Waals surface area contributed by atoms with Crippen LogP contribution in [0, 0.1) is 0 Å². The van der Waals surface area contributed by atoms with E-state index in [2.05, 4.69) is 9.97 Å². The van der Waals surface area contributed by atoms with Gasteiger partial charge in [-0.15, -0.1) is 0 Å². The SMILES string of the molecule is COc1cc(OS(C)(=O)=O)ccc1-c1nc2ccc(C(N)=O)cc2[nH]1. The number of amides is 1. The number of H-pyrrole nitrogens is 1. The second kappa shape index (κ2) is 6.10. The Morgan fingerprint density at radius 1 is 1.20 bits per heavy atom. The molecule has 8 nitrogen and oxygen atoms in total. The molecule has 1 amide bonds. The number of hydrogen-bond acceptors (Lipinski definition) is 6. The van der Waals surface area contributed by atoms with Crippen LogP contribution >= 0.6 is 0 Å². The molecule has 3 rings (SSSR count). The number of aromatic amines is 1. The number of fused-ring (bicyclic) bond motifs is 1. The minimum absolute atomic E-state index is 0.134. The number of imidazole rings is 1. The second-order valence-corrected chi connectivity index (χ2v) is 6.91. The molecular weight excluding hydrogens is 346 g/mol. The highest BCUT2D eigenvalue weighted by Gasteiger charge is 2.14. The minimum atomic E-state index is -3.64. The molecule has 0 saturated carbocycles. The summed E-state index contributed by atoms with van der Waals surface area (Å²) in [6.45, 7) is 0. The van der Waals surface area contributed by atoms with Crippen molar-refractivity contribution in [2.45, 2.75) is 0 Å². The van der Waals surface area contributed by atoms with Gasteiger partial charge < -0.3 is 19.6 Å². The zero-order valence-electron chi connectivity index (χ0n) is 13.4. The van der Waals surface area contributed by atoms with Crippen LogP contribution in [0.5, 0.6) is 11.5 Å². The van der Waals surface area contributed by atoms with E-state index >= 15 is 0 Å². The lowest BCUT2D eigenvalue weighted by Gasteiger charge is -2.09. The van der Waals surface area contributed by atoms with E-state index in [0.29, 0.717) is 33.7 Å². The van der Waals surface area contributed by atoms with Crippen molar-refractivity contribution in [3.05, 3.63) is 42.0 Å². The molecule has 130 valence electrons. The predicted molar refractivity (Wildman–Crippen MR) is 92.1 cm³/mol. The average Bonchev–Trinajstić information content (AvgIpc) is 2.95. The maximum Gasteiger partial charge on any atom is 0.306 e. The van der Waals surface area contributed by atoms with Crippen LogP contribution in [0.1, 0.15) is 10.4 Å². The van der Waals surface area contributed by atoms with Gasteiger partial charge in [-0.2, -0.15) is 8.42 Å². The summed E-state index contributed by atoms with van der Waals surface area (Å²) in [5.41, 5.74) is 7.55. The lowest BCUT2D eigenvalue weighted by atomic mass is 10.2. The van der Waals surface area contributed by atoms with Crippen LogP contribution in [0.25, 0.3) is 22.4 Å². The lowest BCUT2D eigenvalue weighted by molar-refractivity contribution is 0.100. The normalized spacial score (nSPS) is 11.4. The molecule has 1 heterocycles. The van der Waals surface area contributed by atoms with Gasteiger partial charge >= 0.3 is 10.1 Å². The Kier molecular flexibility index (Phi) is 4.09. The smallest absolute Gasteiger partial charge is 0.306 e. The van der Waals surface area contributed by atoms with E-state index in [1.54, 1.807) is 24.3 Å². The predicted octanol–water partition coefficient (Wildman–Crippen LogP) is 1.68. The molecule has 0 atom stereocenters. The Bertz CT molecular complexity index is 1070. The van der Waals surface area contributed by atoms with Crippen molar-refractivity contribution in [2.75, 3.05) is 13.4 Å². The van der Waals surface area contributed by atoms with E-state index in [1.807, 2.05) is 0 Å². The summed E-state index contributed by atoms with van der Waals surface area (Å²) in [6, 6.07) is 9.48. The number of carbonyl (C=O) groups is 1. The number of rotatable bonds is 5. The molecule has 0 spiro atoms. The number of benzene rings is 2. The summed E-state index contributed by atoms with van der Waals surface area (Å²) in [5.74, 6) is 0.489. The van der Waals surface area contributed by atoms with Crippen molar-refractivity contribution in [1.82, 2.24) is 9.97 Å². The number of nitrogens with two attached hydrogens (primary N) is 1. The maximum atomic E-state index is 11.3. The van der Waals surface area contributed by atoms with Crippen LogP contribution in [-0.2, 0) is 10.1 Å². The van der Waals surface area contributed by atoms with Gasteiger partial charge in [0, 0.05) is 11.6 Å². The van der Waals surface area contributed by atoms with Crippen molar-refractivity contribution in [1.29, 1.82) is 0 Å². The molecule has 3 N–H and O–H groups in total. The van der Waals surface area contributed by atoms with Crippen molar-refractivity contribution in [3.8, 4) is 22.9 Å². The summed E-state index contributed by atoms with van der Waals surface area (Å²) >= 11 is 0. The van der Waals surface area contributed by atoms with Crippen molar-refractivity contribution in [3.63, 3.8) is 0 Å². The van der Waals surface area contributed by atoms with E-state index < -0.39 is 16.0 Å². The van der Waals surface area contributed by atoms with Crippen molar-refractivity contribution in [2.24, 2.45) is 5.73 Å². The summed E-state index contributed by atoms with van der Waals surface area (Å²) in [6.07, 6.45) is 0.961. The quantitative estimate of drug-likeness (QED) is 0.666. The Hall–Kier alpha value is -3.07. The number of nitrogens with one attached hydrogen (secondary N) is 1. The minimum Gasteiger partial charge on any atom is -0.496 e. The molecule has 3 aromatic rings. The van der Waals surface area contributed by atoms with E-state index in [0.717, 1.165) is 6.26 Å². The molecule has 0 aliphatic rings. The number of aromatic nitrogens is 2. The van der Waals surface area contributed by atoms with Gasteiger partial charge in [0.25, 0.3) is 0 Å². The highest BCUT2D eigenvalue weighted by Crippen LogP contribution is 2.33. The first-order chi connectivity index (χ1) is 11.8. The van der Waals surface area contributed by atoms with Crippen LogP contribution in [-0.4, -0.2) is 37.7 Å². The van der Waals surface area contributed by atoms with Gasteiger partial charge in [0.15, 0.2) is 0 Å². The standard InChI is InChI=1S/C16H15N3O5S/c1-23-14-8-10(24-25(2,21)22)4-5-11(14)16-18-12-6-3-9(15(17)20)7-13(12)19-16/h3-8H,1-2H3,(H2,17,20)(H,18,19). The molecule has 0 saturated heterocycles. The summed E-state index contributed by atoms with van der Waals surface area (Å²) in [5, 5.41) is 0. The molecule has 25 heavy (non-hydrogen) atoms. The Morgan fingerprint density at radius 2 is 1.96 bits per heavy atom. The molecule has 0 radical (unpaired) electrons. The zero-order chi connectivity index (χ0) is 18.2. The number of carbonyl (C=O) groups excluding carboxylic acids is 1. The van der Waals surface area contributed by atoms with E-state index in [9.17, 15) is 13.2 Å². The van der Waals surface area contributed by atoms with Crippen molar-refractivity contribution < 1.29 is 22.1 Å². The van der Waals surface area contributed by atoms with Crippen LogP contribution < -0.4 is 14.7 Å². The van der Waals surface area contributed by atoms with Crippen molar-refractivity contribution >= 4 is 27.1 Å². The van der Waals surface area contributed by atoms with Gasteiger partial charge in [0.05, 0.1) is 30.0 Å². The highest BCUT2D eigenvalue weighted by atomic mass is 32.2. The highest BCUT2D eigenvalue weighted by molar-refractivity contribution is 7.86. The van der Waals surface area contributed by atoms with Crippen LogP contribution in [0.3, 0.4) is 0 Å². The fourth-order valence-corrected chi connectivity index (χ4v) is 2.84. The van der Waals surface area contributed by atoms with E-state index in [1.165, 1.54) is 19.2 Å².